The van der Waals surface area contributed by atoms with Crippen LogP contribution in [0.1, 0.15) is 55.8 Å². The van der Waals surface area contributed by atoms with Crippen molar-refractivity contribution in [2.75, 3.05) is 0 Å². The van der Waals surface area contributed by atoms with Gasteiger partial charge in [0.05, 0.1) is 5.92 Å². The van der Waals surface area contributed by atoms with Crippen LogP contribution in [0.25, 0.3) is 0 Å². The highest BCUT2D eigenvalue weighted by molar-refractivity contribution is 6.31. The Hall–Kier alpha value is -1.39. The number of benzene rings is 1. The second kappa shape index (κ2) is 5.78. The van der Waals surface area contributed by atoms with Crippen LogP contribution in [-0.4, -0.2) is 15.7 Å². The maximum atomic E-state index is 6.39. The molecule has 21 heavy (non-hydrogen) atoms. The highest BCUT2D eigenvalue weighted by atomic mass is 35.5. The summed E-state index contributed by atoms with van der Waals surface area (Å²) < 4.78 is 5.47. The van der Waals surface area contributed by atoms with Crippen LogP contribution < -0.4 is 5.73 Å². The van der Waals surface area contributed by atoms with E-state index in [2.05, 4.69) is 17.1 Å². The zero-order chi connectivity index (χ0) is 14.9. The van der Waals surface area contributed by atoms with Gasteiger partial charge in [-0.3, -0.25) is 0 Å². The fraction of sp³-hybridized carbons (Fsp3) is 0.500. The minimum atomic E-state index is -0.257. The number of hydrogen-bond acceptors (Lipinski definition) is 4. The number of nitrogens with two attached hydrogens (primary N) is 1. The summed E-state index contributed by atoms with van der Waals surface area (Å²) in [6, 6.07) is 7.72. The van der Waals surface area contributed by atoms with Crippen LogP contribution in [0.2, 0.25) is 5.02 Å². The first kappa shape index (κ1) is 14.5. The van der Waals surface area contributed by atoms with E-state index >= 15 is 0 Å². The molecular formula is C16H20ClN3O. The van der Waals surface area contributed by atoms with E-state index < -0.39 is 0 Å². The van der Waals surface area contributed by atoms with E-state index in [1.165, 1.54) is 12.8 Å². The fourth-order valence-electron chi connectivity index (χ4n) is 3.06. The number of halogens is 1. The smallest absolute Gasteiger partial charge is 0.231 e. The molecule has 1 aromatic heterocycles. The van der Waals surface area contributed by atoms with Gasteiger partial charge in [-0.1, -0.05) is 47.8 Å². The zero-order valence-electron chi connectivity index (χ0n) is 12.2. The lowest BCUT2D eigenvalue weighted by Crippen LogP contribution is -2.44. The third-order valence-electron chi connectivity index (χ3n) is 4.34. The average molecular weight is 306 g/mol. The number of nitrogens with zero attached hydrogens (tertiary/aromatic N) is 2. The molecule has 1 aliphatic carbocycles. The SMILES string of the molecule is CC1(N)CCCCC1c1nc(Cc2ccccc2Cl)no1. The van der Waals surface area contributed by atoms with Gasteiger partial charge in [0.1, 0.15) is 0 Å². The van der Waals surface area contributed by atoms with Crippen LogP contribution in [0.3, 0.4) is 0 Å². The Morgan fingerprint density at radius 2 is 2.19 bits per heavy atom. The van der Waals surface area contributed by atoms with E-state index in [1.807, 2.05) is 24.3 Å². The van der Waals surface area contributed by atoms with Gasteiger partial charge in [0.15, 0.2) is 5.82 Å². The van der Waals surface area contributed by atoms with Crippen molar-refractivity contribution in [3.05, 3.63) is 46.6 Å². The largest absolute Gasteiger partial charge is 0.339 e. The molecule has 1 aliphatic rings. The summed E-state index contributed by atoms with van der Waals surface area (Å²) in [6.45, 7) is 2.08. The van der Waals surface area contributed by atoms with Crippen LogP contribution in [-0.2, 0) is 6.42 Å². The Labute approximate surface area is 129 Å². The third kappa shape index (κ3) is 3.11. The first-order chi connectivity index (χ1) is 10.1. The number of aromatic nitrogens is 2. The molecule has 0 aliphatic heterocycles. The molecule has 1 fully saturated rings. The Bertz CT molecular complexity index is 623. The predicted octanol–water partition coefficient (Wildman–Crippen LogP) is 3.69. The maximum absolute atomic E-state index is 6.39. The Morgan fingerprint density at radius 3 is 2.95 bits per heavy atom. The normalized spacial score (nSPS) is 26.0. The van der Waals surface area contributed by atoms with Crippen LogP contribution in [0, 0.1) is 0 Å². The van der Waals surface area contributed by atoms with Crippen molar-refractivity contribution in [2.45, 2.75) is 50.5 Å². The van der Waals surface area contributed by atoms with Crippen molar-refractivity contribution in [1.29, 1.82) is 0 Å². The highest BCUT2D eigenvalue weighted by Gasteiger charge is 2.37. The minimum Gasteiger partial charge on any atom is -0.339 e. The molecule has 0 amide bonds. The summed E-state index contributed by atoms with van der Waals surface area (Å²) >= 11 is 6.17. The van der Waals surface area contributed by atoms with Gasteiger partial charge in [-0.25, -0.2) is 0 Å². The molecule has 2 atom stereocenters. The molecular weight excluding hydrogens is 286 g/mol. The van der Waals surface area contributed by atoms with E-state index in [1.54, 1.807) is 0 Å². The lowest BCUT2D eigenvalue weighted by atomic mass is 9.74. The predicted molar refractivity (Wildman–Crippen MR) is 82.4 cm³/mol. The molecule has 0 radical (unpaired) electrons. The van der Waals surface area contributed by atoms with E-state index in [-0.39, 0.29) is 11.5 Å². The van der Waals surface area contributed by atoms with Gasteiger partial charge in [0.2, 0.25) is 5.89 Å². The van der Waals surface area contributed by atoms with E-state index in [0.29, 0.717) is 18.1 Å². The molecule has 2 N–H and O–H groups in total. The molecule has 1 saturated carbocycles. The number of hydrogen-bond donors (Lipinski definition) is 1. The van der Waals surface area contributed by atoms with Crippen molar-refractivity contribution in [1.82, 2.24) is 10.1 Å². The van der Waals surface area contributed by atoms with E-state index in [4.69, 9.17) is 21.9 Å². The quantitative estimate of drug-likeness (QED) is 0.939. The van der Waals surface area contributed by atoms with E-state index in [9.17, 15) is 0 Å². The van der Waals surface area contributed by atoms with Gasteiger partial charge in [-0.05, 0) is 31.4 Å². The molecule has 1 heterocycles. The van der Waals surface area contributed by atoms with E-state index in [0.717, 1.165) is 23.4 Å². The molecule has 5 heteroatoms. The molecule has 0 saturated heterocycles. The first-order valence-corrected chi connectivity index (χ1v) is 7.79. The molecule has 0 bridgehead atoms. The Balaban J connectivity index is 1.79. The standard InChI is InChI=1S/C16H20ClN3O/c1-16(18)9-5-4-7-12(16)15-19-14(20-21-15)10-11-6-2-3-8-13(11)17/h2-3,6,8,12H,4-5,7,9-10,18H2,1H3. The lowest BCUT2D eigenvalue weighted by molar-refractivity contribution is 0.223. The summed E-state index contributed by atoms with van der Waals surface area (Å²) in [6.07, 6.45) is 4.93. The van der Waals surface area contributed by atoms with Crippen LogP contribution >= 0.6 is 11.6 Å². The molecule has 2 aromatic rings. The van der Waals surface area contributed by atoms with Gasteiger partial charge in [0.25, 0.3) is 0 Å². The first-order valence-electron chi connectivity index (χ1n) is 7.41. The summed E-state index contributed by atoms with van der Waals surface area (Å²) in [7, 11) is 0. The molecule has 2 unspecified atom stereocenters. The lowest BCUT2D eigenvalue weighted by Gasteiger charge is -2.35. The summed E-state index contributed by atoms with van der Waals surface area (Å²) in [5.74, 6) is 1.49. The van der Waals surface area contributed by atoms with Crippen molar-refractivity contribution in [3.8, 4) is 0 Å². The second-order valence-electron chi connectivity index (χ2n) is 6.12. The molecule has 4 nitrogen and oxygen atoms in total. The molecule has 112 valence electrons. The molecule has 1 aromatic carbocycles. The van der Waals surface area contributed by atoms with Gasteiger partial charge in [-0.15, -0.1) is 0 Å². The monoisotopic (exact) mass is 305 g/mol. The van der Waals surface area contributed by atoms with Gasteiger partial charge in [-0.2, -0.15) is 4.98 Å². The summed E-state index contributed by atoms with van der Waals surface area (Å²) in [5.41, 5.74) is 7.14. The van der Waals surface area contributed by atoms with Crippen molar-refractivity contribution >= 4 is 11.6 Å². The highest BCUT2D eigenvalue weighted by Crippen LogP contribution is 2.38. The van der Waals surface area contributed by atoms with Crippen LogP contribution in [0.5, 0.6) is 0 Å². The Kier molecular flexibility index (Phi) is 4.00. The molecule has 0 spiro atoms. The van der Waals surface area contributed by atoms with Crippen LogP contribution in [0.15, 0.2) is 28.8 Å². The average Bonchev–Trinajstić information content (AvgIpc) is 2.89. The van der Waals surface area contributed by atoms with Gasteiger partial charge in [0, 0.05) is 17.0 Å². The van der Waals surface area contributed by atoms with Gasteiger partial charge >= 0.3 is 0 Å². The second-order valence-corrected chi connectivity index (χ2v) is 6.53. The fourth-order valence-corrected chi connectivity index (χ4v) is 3.26. The summed E-state index contributed by atoms with van der Waals surface area (Å²) in [4.78, 5) is 4.55. The molecule has 3 rings (SSSR count). The zero-order valence-corrected chi connectivity index (χ0v) is 12.9. The van der Waals surface area contributed by atoms with Crippen molar-refractivity contribution < 1.29 is 4.52 Å². The van der Waals surface area contributed by atoms with Crippen molar-refractivity contribution in [3.63, 3.8) is 0 Å². The number of rotatable bonds is 3. The summed E-state index contributed by atoms with van der Waals surface area (Å²) in [5, 5.41) is 4.82. The van der Waals surface area contributed by atoms with Gasteiger partial charge < -0.3 is 10.3 Å². The minimum absolute atomic E-state index is 0.152. The topological polar surface area (TPSA) is 64.9 Å². The van der Waals surface area contributed by atoms with Crippen molar-refractivity contribution in [2.24, 2.45) is 5.73 Å². The third-order valence-corrected chi connectivity index (χ3v) is 4.71. The van der Waals surface area contributed by atoms with Crippen LogP contribution in [0.4, 0.5) is 0 Å². The Morgan fingerprint density at radius 1 is 1.38 bits per heavy atom. The maximum Gasteiger partial charge on any atom is 0.231 e.